The number of nitrogens with zero attached hydrogens (tertiary/aromatic N) is 3. The summed E-state index contributed by atoms with van der Waals surface area (Å²) in [5.74, 6) is -0.305. The molecule has 0 saturated carbocycles. The Labute approximate surface area is 184 Å². The number of carbonyl (C=O) groups excluding carboxylic acids is 1. The summed E-state index contributed by atoms with van der Waals surface area (Å²) < 4.78 is 27.5. The van der Waals surface area contributed by atoms with Crippen molar-refractivity contribution in [2.45, 2.75) is 30.6 Å². The van der Waals surface area contributed by atoms with Gasteiger partial charge in [-0.2, -0.15) is 4.31 Å². The van der Waals surface area contributed by atoms with E-state index in [2.05, 4.69) is 4.98 Å². The van der Waals surface area contributed by atoms with Crippen molar-refractivity contribution < 1.29 is 18.1 Å². The van der Waals surface area contributed by atoms with Gasteiger partial charge >= 0.3 is 0 Å². The molecule has 2 aliphatic rings. The third-order valence-corrected chi connectivity index (χ3v) is 8.10. The van der Waals surface area contributed by atoms with Crippen LogP contribution in [-0.2, 0) is 16.4 Å². The topological polar surface area (TPSA) is 117 Å². The normalized spacial score (nSPS) is 16.9. The van der Waals surface area contributed by atoms with Gasteiger partial charge in [0.15, 0.2) is 0 Å². The molecule has 1 N–H and O–H groups in total. The summed E-state index contributed by atoms with van der Waals surface area (Å²) in [6.45, 7) is 1.49. The fraction of sp³-hybridized carbons (Fsp3) is 0.318. The Kier molecular flexibility index (Phi) is 4.98. The standard InChI is InChI=1S/C22H22N4O5S/c27-22(18-14-16-5-4-6-20(26(28)29)21(16)23-18)25-12-9-15-13-17(7-8-19(15)25)32(30,31)24-10-2-1-3-11-24/h4-8,13-14,23H,1-3,9-12H2. The van der Waals surface area contributed by atoms with Gasteiger partial charge in [0.25, 0.3) is 11.6 Å². The molecule has 0 aliphatic carbocycles. The lowest BCUT2D eigenvalue weighted by atomic mass is 10.2. The third-order valence-electron chi connectivity index (χ3n) is 6.21. The van der Waals surface area contributed by atoms with Gasteiger partial charge in [0.05, 0.1) is 9.82 Å². The molecule has 0 unspecified atom stereocenters. The van der Waals surface area contributed by atoms with Crippen LogP contribution in [0.1, 0.15) is 35.3 Å². The van der Waals surface area contributed by atoms with E-state index in [-0.39, 0.29) is 22.2 Å². The molecule has 166 valence electrons. The van der Waals surface area contributed by atoms with Gasteiger partial charge in [0, 0.05) is 36.8 Å². The summed E-state index contributed by atoms with van der Waals surface area (Å²) in [5.41, 5.74) is 1.95. The molecule has 1 amide bonds. The number of anilines is 1. The van der Waals surface area contributed by atoms with Crippen molar-refractivity contribution >= 4 is 38.2 Å². The van der Waals surface area contributed by atoms with Gasteiger partial charge < -0.3 is 9.88 Å². The van der Waals surface area contributed by atoms with Gasteiger partial charge in [-0.1, -0.05) is 18.6 Å². The van der Waals surface area contributed by atoms with E-state index >= 15 is 0 Å². The number of benzene rings is 2. The van der Waals surface area contributed by atoms with E-state index in [1.165, 1.54) is 10.4 Å². The lowest BCUT2D eigenvalue weighted by Gasteiger charge is -2.26. The zero-order valence-corrected chi connectivity index (χ0v) is 18.1. The molecule has 0 bridgehead atoms. The first-order valence-corrected chi connectivity index (χ1v) is 12.0. The number of nitro groups is 1. The monoisotopic (exact) mass is 454 g/mol. The predicted molar refractivity (Wildman–Crippen MR) is 119 cm³/mol. The maximum atomic E-state index is 13.2. The number of carbonyl (C=O) groups is 1. The molecule has 9 nitrogen and oxygen atoms in total. The molecule has 2 aliphatic heterocycles. The molecule has 3 aromatic rings. The van der Waals surface area contributed by atoms with Crippen molar-refractivity contribution in [3.05, 3.63) is 63.8 Å². The highest BCUT2D eigenvalue weighted by Gasteiger charge is 2.31. The molecule has 5 rings (SSSR count). The SMILES string of the molecule is O=C(c1cc2cccc([N+](=O)[O-])c2[nH]1)N1CCc2cc(S(=O)(=O)N3CCCCC3)ccc21. The lowest BCUT2D eigenvalue weighted by molar-refractivity contribution is -0.383. The number of para-hydroxylation sites is 1. The maximum Gasteiger partial charge on any atom is 0.293 e. The second kappa shape index (κ2) is 7.72. The average molecular weight is 455 g/mol. The number of H-pyrrole nitrogens is 1. The number of rotatable bonds is 4. The number of hydrogen-bond acceptors (Lipinski definition) is 5. The van der Waals surface area contributed by atoms with Crippen LogP contribution < -0.4 is 4.90 Å². The van der Waals surface area contributed by atoms with Gasteiger partial charge in [-0.25, -0.2) is 8.42 Å². The summed E-state index contributed by atoms with van der Waals surface area (Å²) in [6.07, 6.45) is 3.33. The van der Waals surface area contributed by atoms with Gasteiger partial charge in [-0.15, -0.1) is 0 Å². The molecule has 0 atom stereocenters. The van der Waals surface area contributed by atoms with Crippen molar-refractivity contribution in [2.24, 2.45) is 0 Å². The molecule has 0 radical (unpaired) electrons. The number of aromatic nitrogens is 1. The number of piperidine rings is 1. The van der Waals surface area contributed by atoms with E-state index in [9.17, 15) is 23.3 Å². The van der Waals surface area contributed by atoms with E-state index in [4.69, 9.17) is 0 Å². The van der Waals surface area contributed by atoms with E-state index < -0.39 is 14.9 Å². The highest BCUT2D eigenvalue weighted by atomic mass is 32.2. The van der Waals surface area contributed by atoms with Gasteiger partial charge in [0.2, 0.25) is 10.0 Å². The van der Waals surface area contributed by atoms with Crippen LogP contribution in [0.25, 0.3) is 10.9 Å². The second-order valence-electron chi connectivity index (χ2n) is 8.14. The fourth-order valence-electron chi connectivity index (χ4n) is 4.56. The highest BCUT2D eigenvalue weighted by molar-refractivity contribution is 7.89. The first-order chi connectivity index (χ1) is 15.4. The number of nitrogens with one attached hydrogen (secondary N) is 1. The number of fused-ring (bicyclic) bond motifs is 2. The Morgan fingerprint density at radius 3 is 2.56 bits per heavy atom. The first-order valence-electron chi connectivity index (χ1n) is 10.6. The van der Waals surface area contributed by atoms with Crippen LogP contribution in [0.5, 0.6) is 0 Å². The van der Waals surface area contributed by atoms with Crippen LogP contribution in [-0.4, -0.2) is 48.2 Å². The molecule has 0 spiro atoms. The van der Waals surface area contributed by atoms with Crippen molar-refractivity contribution in [3.63, 3.8) is 0 Å². The van der Waals surface area contributed by atoms with Crippen LogP contribution in [0.15, 0.2) is 47.4 Å². The third kappa shape index (κ3) is 3.35. The molecular formula is C22H22N4O5S. The van der Waals surface area contributed by atoms with Crippen molar-refractivity contribution in [1.29, 1.82) is 0 Å². The number of aromatic amines is 1. The zero-order valence-electron chi connectivity index (χ0n) is 17.3. The van der Waals surface area contributed by atoms with Crippen molar-refractivity contribution in [1.82, 2.24) is 9.29 Å². The zero-order chi connectivity index (χ0) is 22.5. The summed E-state index contributed by atoms with van der Waals surface area (Å²) >= 11 is 0. The second-order valence-corrected chi connectivity index (χ2v) is 10.1. The number of hydrogen-bond donors (Lipinski definition) is 1. The quantitative estimate of drug-likeness (QED) is 0.479. The van der Waals surface area contributed by atoms with Crippen LogP contribution in [0, 0.1) is 10.1 Å². The van der Waals surface area contributed by atoms with Crippen LogP contribution in [0.4, 0.5) is 11.4 Å². The van der Waals surface area contributed by atoms with Gasteiger partial charge in [0.1, 0.15) is 11.2 Å². The molecule has 1 aromatic heterocycles. The predicted octanol–water partition coefficient (Wildman–Crippen LogP) is 3.45. The van der Waals surface area contributed by atoms with Gasteiger partial charge in [-0.05, 0) is 49.1 Å². The Morgan fingerprint density at radius 1 is 1.03 bits per heavy atom. The number of non-ortho nitro benzene ring substituents is 1. The van der Waals surface area contributed by atoms with Crippen LogP contribution in [0.2, 0.25) is 0 Å². The summed E-state index contributed by atoms with van der Waals surface area (Å²) in [6, 6.07) is 11.2. The summed E-state index contributed by atoms with van der Waals surface area (Å²) in [7, 11) is -3.54. The van der Waals surface area contributed by atoms with Crippen LogP contribution >= 0.6 is 0 Å². The minimum absolute atomic E-state index is 0.0871. The van der Waals surface area contributed by atoms with Crippen molar-refractivity contribution in [3.8, 4) is 0 Å². The van der Waals surface area contributed by atoms with Gasteiger partial charge in [-0.3, -0.25) is 14.9 Å². The summed E-state index contributed by atoms with van der Waals surface area (Å²) in [4.78, 5) is 28.7. The minimum Gasteiger partial charge on any atom is -0.345 e. The Bertz CT molecular complexity index is 1340. The number of sulfonamides is 1. The highest BCUT2D eigenvalue weighted by Crippen LogP contribution is 2.33. The lowest BCUT2D eigenvalue weighted by Crippen LogP contribution is -2.35. The molecule has 1 fully saturated rings. The van der Waals surface area contributed by atoms with E-state index in [1.807, 2.05) is 0 Å². The molecular weight excluding hydrogens is 432 g/mol. The number of nitro benzene ring substituents is 1. The molecule has 32 heavy (non-hydrogen) atoms. The van der Waals surface area contributed by atoms with Crippen LogP contribution in [0.3, 0.4) is 0 Å². The average Bonchev–Trinajstić information content (AvgIpc) is 3.42. The summed E-state index contributed by atoms with van der Waals surface area (Å²) in [5, 5.41) is 11.9. The molecule has 10 heteroatoms. The molecule has 2 aromatic carbocycles. The molecule has 1 saturated heterocycles. The maximum absolute atomic E-state index is 13.2. The van der Waals surface area contributed by atoms with E-state index in [1.54, 1.807) is 41.3 Å². The van der Waals surface area contributed by atoms with E-state index in [0.29, 0.717) is 42.6 Å². The Balaban J connectivity index is 1.45. The smallest absolute Gasteiger partial charge is 0.293 e. The first kappa shape index (κ1) is 20.7. The Hall–Kier alpha value is -3.24. The minimum atomic E-state index is -3.54. The molecule has 3 heterocycles. The fourth-order valence-corrected chi connectivity index (χ4v) is 6.13. The largest absolute Gasteiger partial charge is 0.345 e. The van der Waals surface area contributed by atoms with Crippen molar-refractivity contribution in [2.75, 3.05) is 24.5 Å². The Morgan fingerprint density at radius 2 is 1.81 bits per heavy atom. The number of amides is 1. The van der Waals surface area contributed by atoms with E-state index in [0.717, 1.165) is 24.8 Å².